The molecule has 0 aromatic heterocycles. The van der Waals surface area contributed by atoms with Crippen LogP contribution in [0.4, 0.5) is 0 Å². The maximum absolute atomic E-state index is 11.4. The lowest BCUT2D eigenvalue weighted by Gasteiger charge is -2.13. The van der Waals surface area contributed by atoms with Crippen molar-refractivity contribution < 1.29 is 14.7 Å². The van der Waals surface area contributed by atoms with Gasteiger partial charge in [-0.25, -0.2) is 0 Å². The van der Waals surface area contributed by atoms with Crippen LogP contribution in [0.5, 0.6) is 0 Å². The number of ketones is 2. The number of hydrogen-bond acceptors (Lipinski definition) is 3. The van der Waals surface area contributed by atoms with Gasteiger partial charge in [-0.2, -0.15) is 0 Å². The Hall–Kier alpha value is -1.00. The highest BCUT2D eigenvalue weighted by Crippen LogP contribution is 2.26. The Bertz CT molecular complexity index is 387. The number of aliphatic hydroxyl groups is 1. The summed E-state index contributed by atoms with van der Waals surface area (Å²) in [7, 11) is 0. The van der Waals surface area contributed by atoms with E-state index in [-0.39, 0.29) is 5.78 Å². The van der Waals surface area contributed by atoms with E-state index in [4.69, 9.17) is 5.11 Å². The van der Waals surface area contributed by atoms with Gasteiger partial charge < -0.3 is 5.11 Å². The highest BCUT2D eigenvalue weighted by molar-refractivity contribution is 9.10. The number of aliphatic hydroxyl groups excluding tert-OH is 1. The van der Waals surface area contributed by atoms with Crippen molar-refractivity contribution in [1.29, 1.82) is 0 Å². The normalized spacial score (nSPS) is 12.2. The summed E-state index contributed by atoms with van der Waals surface area (Å²) in [6, 6.07) is 7.01. The SMILES string of the molecule is CC(=O)C(C(=O)CO)c1ccccc1Br. The molecule has 0 aliphatic heterocycles. The number of rotatable bonds is 4. The third-order valence-corrected chi connectivity index (χ3v) is 2.82. The van der Waals surface area contributed by atoms with Crippen molar-refractivity contribution in [2.45, 2.75) is 12.8 Å². The Balaban J connectivity index is 3.16. The van der Waals surface area contributed by atoms with Crippen LogP contribution >= 0.6 is 15.9 Å². The number of carbonyl (C=O) groups is 2. The minimum Gasteiger partial charge on any atom is -0.389 e. The number of Topliss-reactive ketones (excluding diaryl/α,β-unsaturated/α-hetero) is 2. The second-order valence-corrected chi connectivity index (χ2v) is 4.04. The van der Waals surface area contributed by atoms with E-state index in [1.165, 1.54) is 6.92 Å². The lowest BCUT2D eigenvalue weighted by atomic mass is 9.91. The predicted octanol–water partition coefficient (Wildman–Crippen LogP) is 1.68. The molecule has 0 spiro atoms. The van der Waals surface area contributed by atoms with E-state index in [0.717, 1.165) is 0 Å². The van der Waals surface area contributed by atoms with Gasteiger partial charge in [0.1, 0.15) is 18.3 Å². The van der Waals surface area contributed by atoms with Gasteiger partial charge in [-0.1, -0.05) is 34.1 Å². The van der Waals surface area contributed by atoms with E-state index in [1.807, 2.05) is 0 Å². The molecule has 1 aromatic rings. The van der Waals surface area contributed by atoms with Crippen LogP contribution in [-0.4, -0.2) is 23.3 Å². The second-order valence-electron chi connectivity index (χ2n) is 3.19. The fourth-order valence-corrected chi connectivity index (χ4v) is 1.93. The zero-order valence-corrected chi connectivity index (χ0v) is 9.82. The first kappa shape index (κ1) is 12.1. The Morgan fingerprint density at radius 1 is 1.40 bits per heavy atom. The van der Waals surface area contributed by atoms with Crippen LogP contribution in [0.2, 0.25) is 0 Å². The van der Waals surface area contributed by atoms with Crippen molar-refractivity contribution in [2.75, 3.05) is 6.61 Å². The van der Waals surface area contributed by atoms with Gasteiger partial charge >= 0.3 is 0 Å². The van der Waals surface area contributed by atoms with E-state index in [9.17, 15) is 9.59 Å². The number of benzene rings is 1. The average Bonchev–Trinajstić information content (AvgIpc) is 2.20. The van der Waals surface area contributed by atoms with Crippen LogP contribution in [0.3, 0.4) is 0 Å². The summed E-state index contributed by atoms with van der Waals surface area (Å²) in [6.45, 7) is 0.725. The van der Waals surface area contributed by atoms with Gasteiger partial charge in [0.25, 0.3) is 0 Å². The molecule has 4 heteroatoms. The highest BCUT2D eigenvalue weighted by Gasteiger charge is 2.25. The van der Waals surface area contributed by atoms with E-state index in [2.05, 4.69) is 15.9 Å². The molecule has 0 heterocycles. The first-order valence-corrected chi connectivity index (χ1v) is 5.25. The smallest absolute Gasteiger partial charge is 0.173 e. The van der Waals surface area contributed by atoms with Gasteiger partial charge in [0.2, 0.25) is 0 Å². The highest BCUT2D eigenvalue weighted by atomic mass is 79.9. The zero-order valence-electron chi connectivity index (χ0n) is 8.24. The van der Waals surface area contributed by atoms with Crippen molar-refractivity contribution in [1.82, 2.24) is 0 Å². The molecule has 0 amide bonds. The number of halogens is 1. The van der Waals surface area contributed by atoms with Crippen molar-refractivity contribution in [2.24, 2.45) is 0 Å². The molecular formula is C11H11BrO3. The molecule has 0 radical (unpaired) electrons. The fourth-order valence-electron chi connectivity index (χ4n) is 1.42. The number of hydrogen-bond donors (Lipinski definition) is 1. The van der Waals surface area contributed by atoms with Gasteiger partial charge in [0, 0.05) is 4.47 Å². The third-order valence-electron chi connectivity index (χ3n) is 2.10. The van der Waals surface area contributed by atoms with Crippen LogP contribution in [0.1, 0.15) is 18.4 Å². The van der Waals surface area contributed by atoms with E-state index in [1.54, 1.807) is 24.3 Å². The Morgan fingerprint density at radius 3 is 2.47 bits per heavy atom. The first-order chi connectivity index (χ1) is 7.07. The molecular weight excluding hydrogens is 260 g/mol. The molecule has 1 atom stereocenters. The molecule has 0 saturated heterocycles. The van der Waals surface area contributed by atoms with Crippen molar-refractivity contribution in [3.8, 4) is 0 Å². The first-order valence-electron chi connectivity index (χ1n) is 4.46. The van der Waals surface area contributed by atoms with Crippen molar-refractivity contribution in [3.63, 3.8) is 0 Å². The summed E-state index contributed by atoms with van der Waals surface area (Å²) in [6.07, 6.45) is 0. The van der Waals surface area contributed by atoms with Gasteiger partial charge in [-0.3, -0.25) is 9.59 Å². The van der Waals surface area contributed by atoms with E-state index < -0.39 is 18.3 Å². The van der Waals surface area contributed by atoms with E-state index in [0.29, 0.717) is 10.0 Å². The topological polar surface area (TPSA) is 54.4 Å². The second kappa shape index (κ2) is 5.19. The monoisotopic (exact) mass is 270 g/mol. The summed E-state index contributed by atoms with van der Waals surface area (Å²) >= 11 is 3.28. The van der Waals surface area contributed by atoms with E-state index >= 15 is 0 Å². The zero-order chi connectivity index (χ0) is 11.4. The Kier molecular flexibility index (Phi) is 4.17. The summed E-state index contributed by atoms with van der Waals surface area (Å²) in [5.41, 5.74) is 0.601. The fraction of sp³-hybridized carbons (Fsp3) is 0.273. The molecule has 3 nitrogen and oxygen atoms in total. The molecule has 1 N–H and O–H groups in total. The Morgan fingerprint density at radius 2 is 2.00 bits per heavy atom. The van der Waals surface area contributed by atoms with Crippen LogP contribution in [0, 0.1) is 0 Å². The lowest BCUT2D eigenvalue weighted by Crippen LogP contribution is -2.22. The van der Waals surface area contributed by atoms with Crippen molar-refractivity contribution in [3.05, 3.63) is 34.3 Å². The molecule has 1 unspecified atom stereocenters. The van der Waals surface area contributed by atoms with Crippen molar-refractivity contribution >= 4 is 27.5 Å². The molecule has 0 aliphatic rings. The summed E-state index contributed by atoms with van der Waals surface area (Å²) in [5, 5.41) is 8.79. The molecule has 1 aromatic carbocycles. The van der Waals surface area contributed by atoms with Gasteiger partial charge in [0.05, 0.1) is 0 Å². The van der Waals surface area contributed by atoms with Crippen LogP contribution in [0.15, 0.2) is 28.7 Å². The van der Waals surface area contributed by atoms with Crippen LogP contribution < -0.4 is 0 Å². The third kappa shape index (κ3) is 2.73. The van der Waals surface area contributed by atoms with Crippen LogP contribution in [-0.2, 0) is 9.59 Å². The molecule has 1 rings (SSSR count). The summed E-state index contributed by atoms with van der Waals surface area (Å²) < 4.78 is 0.701. The maximum atomic E-state index is 11.4. The summed E-state index contributed by atoms with van der Waals surface area (Å²) in [5.74, 6) is -1.61. The molecule has 0 aliphatic carbocycles. The number of carbonyl (C=O) groups excluding carboxylic acids is 2. The van der Waals surface area contributed by atoms with Crippen LogP contribution in [0.25, 0.3) is 0 Å². The molecule has 15 heavy (non-hydrogen) atoms. The summed E-state index contributed by atoms with van der Waals surface area (Å²) in [4.78, 5) is 22.8. The maximum Gasteiger partial charge on any atom is 0.173 e. The minimum absolute atomic E-state index is 0.263. The Labute approximate surface area is 96.2 Å². The predicted molar refractivity (Wildman–Crippen MR) is 59.7 cm³/mol. The molecule has 80 valence electrons. The minimum atomic E-state index is -0.870. The molecule has 0 bridgehead atoms. The van der Waals surface area contributed by atoms with Gasteiger partial charge in [0.15, 0.2) is 5.78 Å². The lowest BCUT2D eigenvalue weighted by molar-refractivity contribution is -0.129. The molecule has 0 saturated carbocycles. The standard InChI is InChI=1S/C11H11BrO3/c1-7(14)11(10(15)6-13)8-4-2-3-5-9(8)12/h2-5,11,13H,6H2,1H3. The molecule has 0 fully saturated rings. The quantitative estimate of drug-likeness (QED) is 0.848. The van der Waals surface area contributed by atoms with Gasteiger partial charge in [-0.05, 0) is 18.6 Å². The van der Waals surface area contributed by atoms with Gasteiger partial charge in [-0.15, -0.1) is 0 Å². The average molecular weight is 271 g/mol. The largest absolute Gasteiger partial charge is 0.389 e.